The molecule has 0 aliphatic carbocycles. The predicted molar refractivity (Wildman–Crippen MR) is 81.2 cm³/mol. The molecule has 0 radical (unpaired) electrons. The Bertz CT molecular complexity index is 391. The van der Waals surface area contributed by atoms with Gasteiger partial charge >= 0.3 is 0 Å². The van der Waals surface area contributed by atoms with E-state index in [0.717, 1.165) is 19.6 Å². The van der Waals surface area contributed by atoms with Crippen molar-refractivity contribution >= 4 is 0 Å². The SMILES string of the molecule is CCNCc1ccccc1CN1CCN(C)CC1C. The Kier molecular flexibility index (Phi) is 5.37. The molecule has 1 aliphatic heterocycles. The molecule has 1 heterocycles. The van der Waals surface area contributed by atoms with Gasteiger partial charge in [0.1, 0.15) is 0 Å². The Balaban J connectivity index is 2.01. The van der Waals surface area contributed by atoms with E-state index in [1.54, 1.807) is 0 Å². The molecule has 2 rings (SSSR count). The number of likely N-dealkylation sites (N-methyl/N-ethyl adjacent to an activating group) is 1. The lowest BCUT2D eigenvalue weighted by molar-refractivity contribution is 0.0936. The second-order valence-electron chi connectivity index (χ2n) is 5.63. The van der Waals surface area contributed by atoms with Crippen LogP contribution in [0, 0.1) is 0 Å². The number of nitrogens with zero attached hydrogens (tertiary/aromatic N) is 2. The van der Waals surface area contributed by atoms with Gasteiger partial charge in [0.05, 0.1) is 0 Å². The van der Waals surface area contributed by atoms with Gasteiger partial charge in [-0.1, -0.05) is 31.2 Å². The summed E-state index contributed by atoms with van der Waals surface area (Å²) < 4.78 is 0. The van der Waals surface area contributed by atoms with E-state index < -0.39 is 0 Å². The second-order valence-corrected chi connectivity index (χ2v) is 5.63. The normalized spacial score (nSPS) is 21.7. The molecule has 1 aromatic rings. The maximum absolute atomic E-state index is 3.43. The molecule has 3 heteroatoms. The summed E-state index contributed by atoms with van der Waals surface area (Å²) in [6.07, 6.45) is 0. The summed E-state index contributed by atoms with van der Waals surface area (Å²) >= 11 is 0. The maximum atomic E-state index is 3.43. The van der Waals surface area contributed by atoms with Crippen LogP contribution < -0.4 is 5.32 Å². The lowest BCUT2D eigenvalue weighted by Crippen LogP contribution is -2.49. The molecular formula is C16H27N3. The molecule has 19 heavy (non-hydrogen) atoms. The fourth-order valence-corrected chi connectivity index (χ4v) is 2.77. The highest BCUT2D eigenvalue weighted by atomic mass is 15.3. The number of piperazine rings is 1. The van der Waals surface area contributed by atoms with Crippen LogP contribution in [0.4, 0.5) is 0 Å². The topological polar surface area (TPSA) is 18.5 Å². The van der Waals surface area contributed by atoms with Crippen molar-refractivity contribution in [1.29, 1.82) is 0 Å². The number of rotatable bonds is 5. The van der Waals surface area contributed by atoms with Crippen LogP contribution in [0.5, 0.6) is 0 Å². The van der Waals surface area contributed by atoms with Crippen LogP contribution in [-0.4, -0.2) is 49.1 Å². The summed E-state index contributed by atoms with van der Waals surface area (Å²) in [7, 11) is 2.22. The average molecular weight is 261 g/mol. The monoisotopic (exact) mass is 261 g/mol. The van der Waals surface area contributed by atoms with Crippen LogP contribution in [0.1, 0.15) is 25.0 Å². The van der Waals surface area contributed by atoms with Crippen molar-refractivity contribution in [3.63, 3.8) is 0 Å². The fraction of sp³-hybridized carbons (Fsp3) is 0.625. The van der Waals surface area contributed by atoms with E-state index in [4.69, 9.17) is 0 Å². The van der Waals surface area contributed by atoms with Crippen LogP contribution in [-0.2, 0) is 13.1 Å². The van der Waals surface area contributed by atoms with Crippen molar-refractivity contribution in [2.75, 3.05) is 33.2 Å². The first-order valence-corrected chi connectivity index (χ1v) is 7.40. The quantitative estimate of drug-likeness (QED) is 0.874. The zero-order valence-electron chi connectivity index (χ0n) is 12.5. The van der Waals surface area contributed by atoms with E-state index in [9.17, 15) is 0 Å². The molecule has 1 atom stereocenters. The Morgan fingerprint density at radius 3 is 2.63 bits per heavy atom. The minimum atomic E-state index is 0.644. The standard InChI is InChI=1S/C16H27N3/c1-4-17-11-15-7-5-6-8-16(15)13-19-10-9-18(3)12-14(19)2/h5-8,14,17H,4,9-13H2,1-3H3. The average Bonchev–Trinajstić information content (AvgIpc) is 2.41. The molecule has 0 amide bonds. The lowest BCUT2D eigenvalue weighted by Gasteiger charge is -2.38. The zero-order chi connectivity index (χ0) is 13.7. The molecule has 1 unspecified atom stereocenters. The summed E-state index contributed by atoms with van der Waals surface area (Å²) in [5.74, 6) is 0. The molecule has 3 nitrogen and oxygen atoms in total. The molecule has 1 saturated heterocycles. The minimum Gasteiger partial charge on any atom is -0.313 e. The molecule has 0 aromatic heterocycles. The second kappa shape index (κ2) is 7.04. The van der Waals surface area contributed by atoms with Gasteiger partial charge in [0.25, 0.3) is 0 Å². The van der Waals surface area contributed by atoms with Crippen molar-refractivity contribution < 1.29 is 0 Å². The Labute approximate surface area is 117 Å². The van der Waals surface area contributed by atoms with Gasteiger partial charge in [-0.05, 0) is 31.6 Å². The number of benzene rings is 1. The van der Waals surface area contributed by atoms with Crippen molar-refractivity contribution in [2.45, 2.75) is 33.0 Å². The van der Waals surface area contributed by atoms with E-state index in [2.05, 4.69) is 60.3 Å². The first-order chi connectivity index (χ1) is 9.20. The molecule has 1 N–H and O–H groups in total. The Hall–Kier alpha value is -0.900. The molecule has 0 bridgehead atoms. The van der Waals surface area contributed by atoms with Crippen LogP contribution in [0.15, 0.2) is 24.3 Å². The predicted octanol–water partition coefficient (Wildman–Crippen LogP) is 1.93. The number of nitrogens with one attached hydrogen (secondary N) is 1. The van der Waals surface area contributed by atoms with Gasteiger partial charge in [0.15, 0.2) is 0 Å². The minimum absolute atomic E-state index is 0.644. The molecule has 0 spiro atoms. The number of hydrogen-bond acceptors (Lipinski definition) is 3. The van der Waals surface area contributed by atoms with Gasteiger partial charge in [0, 0.05) is 38.8 Å². The van der Waals surface area contributed by atoms with Gasteiger partial charge in [-0.15, -0.1) is 0 Å². The van der Waals surface area contributed by atoms with E-state index in [1.807, 2.05) is 0 Å². The molecule has 1 aliphatic rings. The first kappa shape index (κ1) is 14.5. The van der Waals surface area contributed by atoms with Crippen LogP contribution in [0.25, 0.3) is 0 Å². The molecule has 1 aromatic carbocycles. The Morgan fingerprint density at radius 1 is 1.21 bits per heavy atom. The highest BCUT2D eigenvalue weighted by Gasteiger charge is 2.21. The van der Waals surface area contributed by atoms with Crippen LogP contribution >= 0.6 is 0 Å². The van der Waals surface area contributed by atoms with Crippen molar-refractivity contribution in [3.8, 4) is 0 Å². The summed E-state index contributed by atoms with van der Waals surface area (Å²) in [5.41, 5.74) is 2.91. The Morgan fingerprint density at radius 2 is 1.95 bits per heavy atom. The molecule has 0 saturated carbocycles. The van der Waals surface area contributed by atoms with Crippen molar-refractivity contribution in [3.05, 3.63) is 35.4 Å². The largest absolute Gasteiger partial charge is 0.313 e. The van der Waals surface area contributed by atoms with Crippen molar-refractivity contribution in [1.82, 2.24) is 15.1 Å². The molecular weight excluding hydrogens is 234 g/mol. The third-order valence-corrected chi connectivity index (χ3v) is 4.03. The van der Waals surface area contributed by atoms with E-state index in [-0.39, 0.29) is 0 Å². The summed E-state index contributed by atoms with van der Waals surface area (Å²) in [6, 6.07) is 9.47. The molecule has 1 fully saturated rings. The summed E-state index contributed by atoms with van der Waals surface area (Å²) in [4.78, 5) is 5.02. The highest BCUT2D eigenvalue weighted by molar-refractivity contribution is 5.27. The van der Waals surface area contributed by atoms with Crippen LogP contribution in [0.3, 0.4) is 0 Å². The summed E-state index contributed by atoms with van der Waals surface area (Å²) in [5, 5.41) is 3.43. The van der Waals surface area contributed by atoms with E-state index in [1.165, 1.54) is 30.8 Å². The highest BCUT2D eigenvalue weighted by Crippen LogP contribution is 2.16. The number of hydrogen-bond donors (Lipinski definition) is 1. The first-order valence-electron chi connectivity index (χ1n) is 7.40. The smallest absolute Gasteiger partial charge is 0.0240 e. The molecule has 106 valence electrons. The van der Waals surface area contributed by atoms with Gasteiger partial charge < -0.3 is 10.2 Å². The van der Waals surface area contributed by atoms with E-state index in [0.29, 0.717) is 6.04 Å². The van der Waals surface area contributed by atoms with Gasteiger partial charge in [-0.25, -0.2) is 0 Å². The van der Waals surface area contributed by atoms with Gasteiger partial charge in [-0.3, -0.25) is 4.90 Å². The summed E-state index contributed by atoms with van der Waals surface area (Å²) in [6.45, 7) is 11.1. The van der Waals surface area contributed by atoms with Gasteiger partial charge in [0.2, 0.25) is 0 Å². The van der Waals surface area contributed by atoms with Crippen molar-refractivity contribution in [2.24, 2.45) is 0 Å². The fourth-order valence-electron chi connectivity index (χ4n) is 2.77. The maximum Gasteiger partial charge on any atom is 0.0240 e. The zero-order valence-corrected chi connectivity index (χ0v) is 12.5. The third-order valence-electron chi connectivity index (χ3n) is 4.03. The van der Waals surface area contributed by atoms with Crippen LogP contribution in [0.2, 0.25) is 0 Å². The third kappa shape index (κ3) is 4.03. The van der Waals surface area contributed by atoms with Gasteiger partial charge in [-0.2, -0.15) is 0 Å². The van der Waals surface area contributed by atoms with E-state index >= 15 is 0 Å². The lowest BCUT2D eigenvalue weighted by atomic mass is 10.1.